The summed E-state index contributed by atoms with van der Waals surface area (Å²) < 4.78 is 2.84. The van der Waals surface area contributed by atoms with Gasteiger partial charge in [0, 0.05) is 56.4 Å². The predicted molar refractivity (Wildman–Crippen MR) is 153 cm³/mol. The molecule has 2 aromatic carbocycles. The fourth-order valence-corrected chi connectivity index (χ4v) is 6.42. The summed E-state index contributed by atoms with van der Waals surface area (Å²) in [6.45, 7) is 6.14. The number of nitrogens with zero attached hydrogens (tertiary/aromatic N) is 5. The van der Waals surface area contributed by atoms with E-state index in [9.17, 15) is 14.7 Å². The Bertz CT molecular complexity index is 1540. The van der Waals surface area contributed by atoms with Crippen LogP contribution in [-0.4, -0.2) is 71.8 Å². The quantitative estimate of drug-likeness (QED) is 0.406. The molecular weight excluding hydrogens is 498 g/mol. The average molecular weight is 530 g/mol. The summed E-state index contributed by atoms with van der Waals surface area (Å²) in [5.41, 5.74) is 3.65. The zero-order valence-corrected chi connectivity index (χ0v) is 22.3. The lowest BCUT2D eigenvalue weighted by atomic mass is 10.1. The van der Waals surface area contributed by atoms with Crippen molar-refractivity contribution in [3.05, 3.63) is 70.5 Å². The molecule has 0 aliphatic carbocycles. The standard InChI is InChI=1S/C29H31N5O3S/c1-31-11-4-14-33(16-15-31)29-30-24-10-9-22(17-27(24)38-29)34-19-23(28(36)37)26(35)18-25(34)20-5-7-21(8-6-20)32-12-2-3-13-32/h5-10,17-19H,2-4,11-16H2,1H3,(H,36,37). The number of rotatable bonds is 5. The third kappa shape index (κ3) is 4.79. The molecule has 0 amide bonds. The van der Waals surface area contributed by atoms with E-state index in [4.69, 9.17) is 4.98 Å². The SMILES string of the molecule is CN1CCCN(c2nc3ccc(-n4cc(C(=O)O)c(=O)cc4-c4ccc(N5CCCC5)cc4)cc3s2)CC1. The summed E-state index contributed by atoms with van der Waals surface area (Å²) in [5, 5.41) is 10.7. The molecule has 6 rings (SSSR count). The molecule has 2 aliphatic rings. The van der Waals surface area contributed by atoms with E-state index in [1.807, 2.05) is 34.9 Å². The Morgan fingerprint density at radius 1 is 0.868 bits per heavy atom. The number of likely N-dealkylation sites (N-methyl/N-ethyl adjacent to an activating group) is 1. The Kier molecular flexibility index (Phi) is 6.63. The van der Waals surface area contributed by atoms with Gasteiger partial charge in [-0.1, -0.05) is 23.5 Å². The van der Waals surface area contributed by atoms with E-state index in [1.165, 1.54) is 30.8 Å². The van der Waals surface area contributed by atoms with Gasteiger partial charge in [0.2, 0.25) is 0 Å². The average Bonchev–Trinajstić information content (AvgIpc) is 3.55. The van der Waals surface area contributed by atoms with Crippen LogP contribution < -0.4 is 15.2 Å². The van der Waals surface area contributed by atoms with Gasteiger partial charge in [0.1, 0.15) is 5.56 Å². The number of hydrogen-bond donors (Lipinski definition) is 1. The molecule has 196 valence electrons. The summed E-state index contributed by atoms with van der Waals surface area (Å²) >= 11 is 1.65. The fraction of sp³-hybridized carbons (Fsp3) is 0.345. The fourth-order valence-electron chi connectivity index (χ4n) is 5.37. The molecule has 9 heteroatoms. The maximum Gasteiger partial charge on any atom is 0.341 e. The molecule has 2 aromatic heterocycles. The smallest absolute Gasteiger partial charge is 0.341 e. The molecule has 0 saturated carbocycles. The molecule has 38 heavy (non-hydrogen) atoms. The van der Waals surface area contributed by atoms with Crippen molar-refractivity contribution in [1.82, 2.24) is 14.5 Å². The maximum atomic E-state index is 12.7. The Hall–Kier alpha value is -3.69. The topological polar surface area (TPSA) is 81.9 Å². The summed E-state index contributed by atoms with van der Waals surface area (Å²) in [4.78, 5) is 36.5. The second-order valence-electron chi connectivity index (χ2n) is 10.1. The van der Waals surface area contributed by atoms with E-state index in [0.29, 0.717) is 5.69 Å². The zero-order chi connectivity index (χ0) is 26.2. The summed E-state index contributed by atoms with van der Waals surface area (Å²) in [6, 6.07) is 15.6. The third-order valence-corrected chi connectivity index (χ3v) is 8.62. The lowest BCUT2D eigenvalue weighted by Crippen LogP contribution is -2.28. The van der Waals surface area contributed by atoms with Gasteiger partial charge < -0.3 is 24.4 Å². The van der Waals surface area contributed by atoms with Crippen LogP contribution in [0.25, 0.3) is 27.2 Å². The van der Waals surface area contributed by atoms with E-state index < -0.39 is 11.4 Å². The second kappa shape index (κ2) is 10.2. The van der Waals surface area contributed by atoms with Gasteiger partial charge in [0.05, 0.1) is 15.9 Å². The minimum absolute atomic E-state index is 0.249. The summed E-state index contributed by atoms with van der Waals surface area (Å²) in [6.07, 6.45) is 4.96. The first-order chi connectivity index (χ1) is 18.5. The molecule has 1 N–H and O–H groups in total. The summed E-state index contributed by atoms with van der Waals surface area (Å²) in [7, 11) is 2.15. The van der Waals surface area contributed by atoms with Crippen LogP contribution in [0.2, 0.25) is 0 Å². The van der Waals surface area contributed by atoms with Crippen LogP contribution in [0.1, 0.15) is 29.6 Å². The Morgan fingerprint density at radius 2 is 1.61 bits per heavy atom. The van der Waals surface area contributed by atoms with Gasteiger partial charge in [-0.05, 0) is 68.8 Å². The first-order valence-corrected chi connectivity index (χ1v) is 14.0. The van der Waals surface area contributed by atoms with E-state index in [0.717, 1.165) is 72.3 Å². The van der Waals surface area contributed by atoms with Crippen molar-refractivity contribution in [3.8, 4) is 16.9 Å². The Morgan fingerprint density at radius 3 is 2.37 bits per heavy atom. The van der Waals surface area contributed by atoms with Crippen molar-refractivity contribution in [1.29, 1.82) is 0 Å². The lowest BCUT2D eigenvalue weighted by Gasteiger charge is -2.19. The number of carbonyl (C=O) groups is 1. The van der Waals surface area contributed by atoms with Crippen molar-refractivity contribution in [2.24, 2.45) is 0 Å². The predicted octanol–water partition coefficient (Wildman–Crippen LogP) is 4.55. The number of fused-ring (bicyclic) bond motifs is 1. The molecule has 2 aliphatic heterocycles. The minimum atomic E-state index is -1.23. The van der Waals surface area contributed by atoms with Crippen LogP contribution in [0.5, 0.6) is 0 Å². The van der Waals surface area contributed by atoms with Gasteiger partial charge >= 0.3 is 5.97 Å². The molecular formula is C29H31N5O3S. The molecule has 4 aromatic rings. The number of thiazole rings is 1. The third-order valence-electron chi connectivity index (χ3n) is 7.54. The first-order valence-electron chi connectivity index (χ1n) is 13.2. The molecule has 0 radical (unpaired) electrons. The van der Waals surface area contributed by atoms with Crippen LogP contribution in [0, 0.1) is 0 Å². The maximum absolute atomic E-state index is 12.7. The number of aromatic nitrogens is 2. The van der Waals surface area contributed by atoms with Crippen LogP contribution in [0.4, 0.5) is 10.8 Å². The molecule has 0 spiro atoms. The van der Waals surface area contributed by atoms with E-state index >= 15 is 0 Å². The highest BCUT2D eigenvalue weighted by atomic mass is 32.1. The molecule has 8 nitrogen and oxygen atoms in total. The highest BCUT2D eigenvalue weighted by molar-refractivity contribution is 7.22. The van der Waals surface area contributed by atoms with Crippen LogP contribution in [0.3, 0.4) is 0 Å². The number of aromatic carboxylic acids is 1. The van der Waals surface area contributed by atoms with Gasteiger partial charge in [-0.2, -0.15) is 0 Å². The van der Waals surface area contributed by atoms with Gasteiger partial charge in [-0.15, -0.1) is 0 Å². The molecule has 0 unspecified atom stereocenters. The molecule has 4 heterocycles. The van der Waals surface area contributed by atoms with Gasteiger partial charge in [-0.3, -0.25) is 4.79 Å². The number of hydrogen-bond acceptors (Lipinski definition) is 7. The van der Waals surface area contributed by atoms with Crippen molar-refractivity contribution in [3.63, 3.8) is 0 Å². The van der Waals surface area contributed by atoms with E-state index in [1.54, 1.807) is 11.3 Å². The normalized spacial score (nSPS) is 16.8. The zero-order valence-electron chi connectivity index (χ0n) is 21.5. The van der Waals surface area contributed by atoms with Crippen molar-refractivity contribution in [2.45, 2.75) is 19.3 Å². The Balaban J connectivity index is 1.40. The van der Waals surface area contributed by atoms with Gasteiger partial charge in [0.15, 0.2) is 10.6 Å². The van der Waals surface area contributed by atoms with Crippen LogP contribution in [0.15, 0.2) is 59.5 Å². The van der Waals surface area contributed by atoms with Crippen LogP contribution in [-0.2, 0) is 0 Å². The van der Waals surface area contributed by atoms with E-state index in [2.05, 4.69) is 33.9 Å². The molecule has 2 fully saturated rings. The van der Waals surface area contributed by atoms with Crippen molar-refractivity contribution < 1.29 is 9.90 Å². The number of benzene rings is 2. The monoisotopic (exact) mass is 529 g/mol. The Labute approximate surface area is 225 Å². The van der Waals surface area contributed by atoms with E-state index in [-0.39, 0.29) is 5.56 Å². The van der Waals surface area contributed by atoms with Crippen LogP contribution >= 0.6 is 11.3 Å². The number of anilines is 2. The number of pyridine rings is 1. The largest absolute Gasteiger partial charge is 0.477 e. The number of carboxylic acids is 1. The second-order valence-corrected chi connectivity index (χ2v) is 11.2. The molecule has 2 saturated heterocycles. The first kappa shape index (κ1) is 24.6. The lowest BCUT2D eigenvalue weighted by molar-refractivity contribution is 0.0695. The summed E-state index contributed by atoms with van der Waals surface area (Å²) in [5.74, 6) is -1.23. The van der Waals surface area contributed by atoms with Gasteiger partial charge in [0.25, 0.3) is 0 Å². The van der Waals surface area contributed by atoms with Crippen molar-refractivity contribution in [2.75, 3.05) is 56.1 Å². The number of carboxylic acid groups (broad SMARTS) is 1. The molecule has 0 atom stereocenters. The van der Waals surface area contributed by atoms with Crippen molar-refractivity contribution >= 4 is 38.3 Å². The highest BCUT2D eigenvalue weighted by Gasteiger charge is 2.19. The van der Waals surface area contributed by atoms with Gasteiger partial charge in [-0.25, -0.2) is 9.78 Å². The minimum Gasteiger partial charge on any atom is -0.477 e. The molecule has 0 bridgehead atoms. The highest BCUT2D eigenvalue weighted by Crippen LogP contribution is 2.33.